The lowest BCUT2D eigenvalue weighted by Gasteiger charge is -1.95. The highest BCUT2D eigenvalue weighted by atomic mass is 19.3. The van der Waals surface area contributed by atoms with Gasteiger partial charge in [-0.1, -0.05) is 6.92 Å². The van der Waals surface area contributed by atoms with Gasteiger partial charge in [0.1, 0.15) is 5.82 Å². The SMILES string of the molecule is CCc1ncc(-c2nnc(C(F)F)o2)cn1. The van der Waals surface area contributed by atoms with Gasteiger partial charge in [-0.25, -0.2) is 9.97 Å². The maximum atomic E-state index is 12.2. The molecule has 2 aromatic heterocycles. The zero-order chi connectivity index (χ0) is 11.5. The average Bonchev–Trinajstić information content (AvgIpc) is 2.78. The van der Waals surface area contributed by atoms with Crippen LogP contribution in [0.15, 0.2) is 16.8 Å². The van der Waals surface area contributed by atoms with E-state index in [9.17, 15) is 8.78 Å². The third-order valence-electron chi connectivity index (χ3n) is 1.90. The van der Waals surface area contributed by atoms with Gasteiger partial charge in [0.25, 0.3) is 11.8 Å². The van der Waals surface area contributed by atoms with Crippen molar-refractivity contribution in [3.05, 3.63) is 24.1 Å². The molecule has 0 aliphatic carbocycles. The van der Waals surface area contributed by atoms with E-state index < -0.39 is 12.3 Å². The summed E-state index contributed by atoms with van der Waals surface area (Å²) in [6.07, 6.45) is 0.868. The summed E-state index contributed by atoms with van der Waals surface area (Å²) in [5.74, 6) is -0.0372. The summed E-state index contributed by atoms with van der Waals surface area (Å²) >= 11 is 0. The molecule has 0 aliphatic rings. The van der Waals surface area contributed by atoms with Gasteiger partial charge in [-0.05, 0) is 0 Å². The molecule has 0 unspecified atom stereocenters. The van der Waals surface area contributed by atoms with Gasteiger partial charge in [0.2, 0.25) is 0 Å². The van der Waals surface area contributed by atoms with Gasteiger partial charge in [0, 0.05) is 18.8 Å². The van der Waals surface area contributed by atoms with Crippen LogP contribution >= 0.6 is 0 Å². The summed E-state index contributed by atoms with van der Waals surface area (Å²) < 4.78 is 29.1. The molecule has 0 aliphatic heterocycles. The monoisotopic (exact) mass is 226 g/mol. The molecule has 7 heteroatoms. The summed E-state index contributed by atoms with van der Waals surface area (Å²) in [4.78, 5) is 8.00. The van der Waals surface area contributed by atoms with Gasteiger partial charge < -0.3 is 4.42 Å². The first-order chi connectivity index (χ1) is 7.70. The minimum Gasteiger partial charge on any atom is -0.415 e. The predicted octanol–water partition coefficient (Wildman–Crippen LogP) is 2.03. The van der Waals surface area contributed by atoms with E-state index in [-0.39, 0.29) is 5.89 Å². The van der Waals surface area contributed by atoms with Crippen molar-refractivity contribution in [1.29, 1.82) is 0 Å². The van der Waals surface area contributed by atoms with Crippen LogP contribution in [0.4, 0.5) is 8.78 Å². The molecule has 0 saturated carbocycles. The molecule has 84 valence electrons. The number of hydrogen-bond donors (Lipinski definition) is 0. The first kappa shape index (κ1) is 10.6. The van der Waals surface area contributed by atoms with E-state index in [1.165, 1.54) is 12.4 Å². The molecule has 5 nitrogen and oxygen atoms in total. The maximum absolute atomic E-state index is 12.2. The lowest BCUT2D eigenvalue weighted by Crippen LogP contribution is -1.92. The van der Waals surface area contributed by atoms with Crippen molar-refractivity contribution < 1.29 is 13.2 Å². The largest absolute Gasteiger partial charge is 0.415 e. The zero-order valence-electron chi connectivity index (χ0n) is 8.39. The molecule has 16 heavy (non-hydrogen) atoms. The highest BCUT2D eigenvalue weighted by Crippen LogP contribution is 2.21. The van der Waals surface area contributed by atoms with Crippen molar-refractivity contribution in [2.24, 2.45) is 0 Å². The summed E-state index contributed by atoms with van der Waals surface area (Å²) in [5, 5.41) is 6.70. The highest BCUT2D eigenvalue weighted by Gasteiger charge is 2.17. The second-order valence-corrected chi connectivity index (χ2v) is 2.99. The zero-order valence-corrected chi connectivity index (χ0v) is 8.39. The molecule has 0 fully saturated rings. The van der Waals surface area contributed by atoms with Crippen LogP contribution in [0.5, 0.6) is 0 Å². The lowest BCUT2D eigenvalue weighted by atomic mass is 10.3. The van der Waals surface area contributed by atoms with E-state index in [1.54, 1.807) is 0 Å². The molecule has 0 saturated heterocycles. The van der Waals surface area contributed by atoms with Gasteiger partial charge in [0.15, 0.2) is 0 Å². The van der Waals surface area contributed by atoms with Crippen molar-refractivity contribution in [2.75, 3.05) is 0 Å². The highest BCUT2D eigenvalue weighted by molar-refractivity contribution is 5.48. The topological polar surface area (TPSA) is 64.7 Å². The molecule has 0 spiro atoms. The predicted molar refractivity (Wildman–Crippen MR) is 49.7 cm³/mol. The van der Waals surface area contributed by atoms with Gasteiger partial charge in [-0.2, -0.15) is 8.78 Å². The van der Waals surface area contributed by atoms with E-state index >= 15 is 0 Å². The Morgan fingerprint density at radius 1 is 1.25 bits per heavy atom. The molecule has 0 N–H and O–H groups in total. The molecule has 0 aromatic carbocycles. The number of aromatic nitrogens is 4. The number of nitrogens with zero attached hydrogens (tertiary/aromatic N) is 4. The first-order valence-corrected chi connectivity index (χ1v) is 4.63. The molecule has 0 radical (unpaired) electrons. The Morgan fingerprint density at radius 2 is 1.94 bits per heavy atom. The van der Waals surface area contributed by atoms with Gasteiger partial charge in [-0.15, -0.1) is 10.2 Å². The Balaban J connectivity index is 2.28. The molecule has 0 bridgehead atoms. The van der Waals surface area contributed by atoms with Gasteiger partial charge in [0.05, 0.1) is 5.56 Å². The minimum absolute atomic E-state index is 0.00190. The second-order valence-electron chi connectivity index (χ2n) is 2.99. The summed E-state index contributed by atoms with van der Waals surface area (Å²) in [6, 6.07) is 0. The molecule has 0 atom stereocenters. The Kier molecular flexibility index (Phi) is 2.84. The van der Waals surface area contributed by atoms with Crippen LogP contribution in [0.25, 0.3) is 11.5 Å². The van der Waals surface area contributed by atoms with Crippen LogP contribution in [-0.2, 0) is 6.42 Å². The van der Waals surface area contributed by atoms with Crippen molar-refractivity contribution >= 4 is 0 Å². The molecule has 2 aromatic rings. The lowest BCUT2D eigenvalue weighted by molar-refractivity contribution is 0.116. The van der Waals surface area contributed by atoms with E-state index in [1.807, 2.05) is 6.92 Å². The number of rotatable bonds is 3. The molecule has 0 amide bonds. The van der Waals surface area contributed by atoms with Crippen LogP contribution in [0.3, 0.4) is 0 Å². The Bertz CT molecular complexity index is 469. The van der Waals surface area contributed by atoms with Crippen molar-refractivity contribution in [3.63, 3.8) is 0 Å². The summed E-state index contributed by atoms with van der Waals surface area (Å²) in [7, 11) is 0. The van der Waals surface area contributed by atoms with Crippen molar-refractivity contribution in [3.8, 4) is 11.5 Å². The number of alkyl halides is 2. The van der Waals surface area contributed by atoms with Crippen LogP contribution in [0.1, 0.15) is 25.1 Å². The maximum Gasteiger partial charge on any atom is 0.314 e. The minimum atomic E-state index is -2.77. The molecule has 2 rings (SSSR count). The van der Waals surface area contributed by atoms with Crippen molar-refractivity contribution in [2.45, 2.75) is 19.8 Å². The van der Waals surface area contributed by atoms with Crippen molar-refractivity contribution in [1.82, 2.24) is 20.2 Å². The fourth-order valence-electron chi connectivity index (χ4n) is 1.09. The fourth-order valence-corrected chi connectivity index (χ4v) is 1.09. The first-order valence-electron chi connectivity index (χ1n) is 4.63. The molecular formula is C9H8F2N4O. The second kappa shape index (κ2) is 4.30. The van der Waals surface area contributed by atoms with Crippen LogP contribution in [0, 0.1) is 0 Å². The standard InChI is InChI=1S/C9H8F2N4O/c1-2-6-12-3-5(4-13-6)8-14-15-9(16-8)7(10)11/h3-4,7H,2H2,1H3. The van der Waals surface area contributed by atoms with Crippen LogP contribution in [0.2, 0.25) is 0 Å². The van der Waals surface area contributed by atoms with Crippen LogP contribution < -0.4 is 0 Å². The normalized spacial score (nSPS) is 11.0. The molecular weight excluding hydrogens is 218 g/mol. The quantitative estimate of drug-likeness (QED) is 0.801. The number of halogens is 2. The third kappa shape index (κ3) is 2.02. The van der Waals surface area contributed by atoms with E-state index in [2.05, 4.69) is 20.2 Å². The Labute approximate surface area is 89.6 Å². The Morgan fingerprint density at radius 3 is 2.44 bits per heavy atom. The van der Waals surface area contributed by atoms with Crippen LogP contribution in [-0.4, -0.2) is 20.2 Å². The number of hydrogen-bond acceptors (Lipinski definition) is 5. The summed E-state index contributed by atoms with van der Waals surface area (Å²) in [5.41, 5.74) is 0.427. The average molecular weight is 226 g/mol. The van der Waals surface area contributed by atoms with Gasteiger partial charge in [-0.3, -0.25) is 0 Å². The third-order valence-corrected chi connectivity index (χ3v) is 1.90. The number of aryl methyl sites for hydroxylation is 1. The van der Waals surface area contributed by atoms with Gasteiger partial charge >= 0.3 is 6.43 Å². The smallest absolute Gasteiger partial charge is 0.314 e. The fraction of sp³-hybridized carbons (Fsp3) is 0.333. The van der Waals surface area contributed by atoms with E-state index in [4.69, 9.17) is 4.42 Å². The van der Waals surface area contributed by atoms with E-state index in [0.29, 0.717) is 17.8 Å². The Hall–Kier alpha value is -1.92. The van der Waals surface area contributed by atoms with E-state index in [0.717, 1.165) is 0 Å². The molecule has 2 heterocycles. The summed E-state index contributed by atoms with van der Waals surface area (Å²) in [6.45, 7) is 1.91.